The van der Waals surface area contributed by atoms with Crippen LogP contribution in [0.15, 0.2) is 53.5 Å². The van der Waals surface area contributed by atoms with Crippen LogP contribution in [0.2, 0.25) is 0 Å². The first-order valence-corrected chi connectivity index (χ1v) is 6.50. The molecule has 0 amide bonds. The Morgan fingerprint density at radius 1 is 0.957 bits per heavy atom. The number of fused-ring (bicyclic) bond motifs is 1. The first-order chi connectivity index (χ1) is 10.0. The number of benzene rings is 2. The molecule has 6 N–H and O–H groups in total. The van der Waals surface area contributed by atoms with Crippen molar-refractivity contribution >= 4 is 42.6 Å². The maximum atomic E-state index is 7.98. The van der Waals surface area contributed by atoms with Gasteiger partial charge in [-0.1, -0.05) is 42.5 Å². The van der Waals surface area contributed by atoms with Crippen LogP contribution in [0.1, 0.15) is 11.1 Å². The van der Waals surface area contributed by atoms with E-state index in [0.29, 0.717) is 10.9 Å². The van der Waals surface area contributed by atoms with E-state index >= 15 is 0 Å². The number of amidine groups is 2. The number of halogens is 2. The molecule has 0 radical (unpaired) electrons. The van der Waals surface area contributed by atoms with Gasteiger partial charge in [-0.2, -0.15) is 0 Å². The standard InChI is InChI=1S/C16H15N5.2ClH/c17-14(18)10-6-7-11-9-16(15(19)20,21-13(11)8-10)12-4-2-1-3-5-12;;/h1-9H,(H3,17,18)(H3,19,20);2*1H. The average Bonchev–Trinajstić information content (AvgIpc) is 2.88. The number of nitrogen functional groups attached to an aromatic ring is 1. The molecule has 5 nitrogen and oxygen atoms in total. The third kappa shape index (κ3) is 3.06. The van der Waals surface area contributed by atoms with Crippen molar-refractivity contribution in [3.8, 4) is 0 Å². The first-order valence-electron chi connectivity index (χ1n) is 6.50. The van der Waals surface area contributed by atoms with Crippen LogP contribution in [-0.4, -0.2) is 11.7 Å². The van der Waals surface area contributed by atoms with Crippen molar-refractivity contribution < 1.29 is 0 Å². The summed E-state index contributed by atoms with van der Waals surface area (Å²) in [5, 5.41) is 17.1. The van der Waals surface area contributed by atoms with Gasteiger partial charge in [0.1, 0.15) is 11.7 Å². The molecule has 1 atom stereocenters. The zero-order chi connectivity index (χ0) is 15.0. The predicted octanol–water partition coefficient (Wildman–Crippen LogP) is 1.06. The van der Waals surface area contributed by atoms with E-state index in [1.807, 2.05) is 42.5 Å². The van der Waals surface area contributed by atoms with Crippen LogP contribution in [-0.2, 0) is 5.54 Å². The highest BCUT2D eigenvalue weighted by Gasteiger charge is 2.35. The Morgan fingerprint density at radius 2 is 1.61 bits per heavy atom. The van der Waals surface area contributed by atoms with Crippen molar-refractivity contribution in [2.75, 3.05) is 0 Å². The summed E-state index contributed by atoms with van der Waals surface area (Å²) in [6.45, 7) is 0. The largest absolute Gasteiger partial charge is 0.385 e. The Morgan fingerprint density at radius 3 is 2.17 bits per heavy atom. The van der Waals surface area contributed by atoms with Crippen molar-refractivity contribution in [1.29, 1.82) is 10.8 Å². The summed E-state index contributed by atoms with van der Waals surface area (Å²) >= 11 is 0. The first kappa shape index (κ1) is 18.7. The zero-order valence-corrected chi connectivity index (χ0v) is 13.7. The molecule has 0 aliphatic carbocycles. The van der Waals surface area contributed by atoms with E-state index in [9.17, 15) is 0 Å². The monoisotopic (exact) mass is 349 g/mol. The number of nitrogens with two attached hydrogens (primary N) is 2. The highest BCUT2D eigenvalue weighted by atomic mass is 35.5. The van der Waals surface area contributed by atoms with Crippen molar-refractivity contribution in [1.82, 2.24) is 0 Å². The van der Waals surface area contributed by atoms with E-state index in [1.54, 1.807) is 12.1 Å². The molecule has 0 saturated carbocycles. The SMILES string of the molecule is Cl.Cl.N=C(N)c1ccc2c(c1)=NC(C(=N)N)(c1ccccc1)C=2. The fraction of sp³-hybridized carbons (Fsp3) is 0.0625. The summed E-state index contributed by atoms with van der Waals surface area (Å²) in [6, 6.07) is 14.9. The molecule has 2 aromatic carbocycles. The Hall–Kier alpha value is -2.37. The van der Waals surface area contributed by atoms with Gasteiger partial charge >= 0.3 is 0 Å². The van der Waals surface area contributed by atoms with E-state index in [2.05, 4.69) is 4.99 Å². The minimum Gasteiger partial charge on any atom is -0.385 e. The van der Waals surface area contributed by atoms with Gasteiger partial charge in [0.15, 0.2) is 5.54 Å². The fourth-order valence-electron chi connectivity index (χ4n) is 2.51. The van der Waals surface area contributed by atoms with E-state index in [4.69, 9.17) is 22.3 Å². The van der Waals surface area contributed by atoms with E-state index in [-0.39, 0.29) is 36.5 Å². The average molecular weight is 350 g/mol. The fourth-order valence-corrected chi connectivity index (χ4v) is 2.51. The molecule has 0 saturated heterocycles. The Labute approximate surface area is 146 Å². The van der Waals surface area contributed by atoms with Gasteiger partial charge in [0.25, 0.3) is 0 Å². The molecule has 3 rings (SSSR count). The molecule has 0 aromatic heterocycles. The summed E-state index contributed by atoms with van der Waals surface area (Å²) in [5.74, 6) is -0.0395. The minimum absolute atomic E-state index is 0. The maximum absolute atomic E-state index is 7.98. The molecule has 23 heavy (non-hydrogen) atoms. The van der Waals surface area contributed by atoms with Gasteiger partial charge < -0.3 is 11.5 Å². The van der Waals surface area contributed by atoms with Crippen LogP contribution >= 0.6 is 24.8 Å². The van der Waals surface area contributed by atoms with Crippen LogP contribution in [0.5, 0.6) is 0 Å². The van der Waals surface area contributed by atoms with Crippen molar-refractivity contribution in [2.45, 2.75) is 5.54 Å². The summed E-state index contributed by atoms with van der Waals surface area (Å²) in [7, 11) is 0. The summed E-state index contributed by atoms with van der Waals surface area (Å²) < 4.78 is 0. The van der Waals surface area contributed by atoms with Gasteiger partial charge in [-0.05, 0) is 22.9 Å². The van der Waals surface area contributed by atoms with E-state index in [0.717, 1.165) is 10.8 Å². The third-order valence-electron chi connectivity index (χ3n) is 3.63. The Bertz CT molecular complexity index is 864. The lowest BCUT2D eigenvalue weighted by Crippen LogP contribution is -2.36. The molecule has 0 fully saturated rings. The Balaban J connectivity index is 0.00000132. The topological polar surface area (TPSA) is 112 Å². The van der Waals surface area contributed by atoms with Gasteiger partial charge in [0.05, 0.1) is 5.36 Å². The molecule has 1 unspecified atom stereocenters. The highest BCUT2D eigenvalue weighted by Crippen LogP contribution is 2.28. The van der Waals surface area contributed by atoms with Crippen LogP contribution in [0.4, 0.5) is 0 Å². The second-order valence-electron chi connectivity index (χ2n) is 4.99. The zero-order valence-electron chi connectivity index (χ0n) is 12.1. The number of nitrogens with one attached hydrogen (secondary N) is 2. The van der Waals surface area contributed by atoms with Crippen molar-refractivity contribution in [3.63, 3.8) is 0 Å². The van der Waals surface area contributed by atoms with Gasteiger partial charge in [-0.15, -0.1) is 24.8 Å². The lowest BCUT2D eigenvalue weighted by atomic mass is 9.89. The van der Waals surface area contributed by atoms with Crippen molar-refractivity contribution in [2.24, 2.45) is 16.5 Å². The number of hydrogen-bond acceptors (Lipinski definition) is 3. The molecule has 120 valence electrons. The molecule has 0 bridgehead atoms. The maximum Gasteiger partial charge on any atom is 0.162 e. The summed E-state index contributed by atoms with van der Waals surface area (Å²) in [5.41, 5.74) is 11.8. The van der Waals surface area contributed by atoms with Gasteiger partial charge in [0.2, 0.25) is 0 Å². The molecule has 2 aromatic rings. The lowest BCUT2D eigenvalue weighted by Gasteiger charge is -2.23. The minimum atomic E-state index is -0.973. The van der Waals surface area contributed by atoms with E-state index in [1.165, 1.54) is 0 Å². The third-order valence-corrected chi connectivity index (χ3v) is 3.63. The van der Waals surface area contributed by atoms with Crippen LogP contribution in [0, 0.1) is 10.8 Å². The molecule has 1 aliphatic rings. The highest BCUT2D eigenvalue weighted by molar-refractivity contribution is 5.97. The van der Waals surface area contributed by atoms with Gasteiger partial charge in [-0.25, -0.2) is 0 Å². The number of hydrogen-bond donors (Lipinski definition) is 4. The smallest absolute Gasteiger partial charge is 0.162 e. The summed E-state index contributed by atoms with van der Waals surface area (Å²) in [4.78, 5) is 4.64. The molecule has 7 heteroatoms. The summed E-state index contributed by atoms with van der Waals surface area (Å²) in [6.07, 6.45) is 1.88. The van der Waals surface area contributed by atoms with Gasteiger partial charge in [0, 0.05) is 5.56 Å². The number of rotatable bonds is 3. The second-order valence-corrected chi connectivity index (χ2v) is 4.99. The number of nitrogens with zero attached hydrogens (tertiary/aromatic N) is 1. The predicted molar refractivity (Wildman–Crippen MR) is 97.2 cm³/mol. The quantitative estimate of drug-likeness (QED) is 0.490. The van der Waals surface area contributed by atoms with Gasteiger partial charge in [-0.3, -0.25) is 15.8 Å². The lowest BCUT2D eigenvalue weighted by molar-refractivity contribution is 0.783. The van der Waals surface area contributed by atoms with E-state index < -0.39 is 5.54 Å². The van der Waals surface area contributed by atoms with Crippen molar-refractivity contribution in [3.05, 3.63) is 70.2 Å². The van der Waals surface area contributed by atoms with Crippen LogP contribution in [0.3, 0.4) is 0 Å². The molecular weight excluding hydrogens is 333 g/mol. The normalized spacial score (nSPS) is 17.6. The Kier molecular flexibility index (Phi) is 5.53. The molecule has 1 aliphatic heterocycles. The second kappa shape index (κ2) is 6.81. The van der Waals surface area contributed by atoms with Crippen LogP contribution in [0.25, 0.3) is 6.08 Å². The van der Waals surface area contributed by atoms with Crippen LogP contribution < -0.4 is 22.0 Å². The molecule has 1 heterocycles. The molecular formula is C16H17Cl2N5. The molecule has 0 spiro atoms.